The number of unbranched alkanes of at least 4 members (excludes halogenated alkanes) is 1. The lowest BCUT2D eigenvalue weighted by atomic mass is 10.3. The van der Waals surface area contributed by atoms with Crippen LogP contribution in [0.2, 0.25) is 0 Å². The van der Waals surface area contributed by atoms with Gasteiger partial charge >= 0.3 is 0 Å². The van der Waals surface area contributed by atoms with Crippen LogP contribution < -0.4 is 0 Å². The van der Waals surface area contributed by atoms with Crippen molar-refractivity contribution >= 4 is 0 Å². The molecule has 0 saturated heterocycles. The van der Waals surface area contributed by atoms with Gasteiger partial charge in [-0.05, 0) is 19.0 Å². The molecule has 0 bridgehead atoms. The molecule has 0 aliphatic heterocycles. The number of aliphatic hydroxyl groups is 1. The smallest absolute Gasteiger partial charge is 0.0558 e. The molecular weight excluding hydrogens is 190 g/mol. The van der Waals surface area contributed by atoms with Gasteiger partial charge in [-0.3, -0.25) is 9.58 Å². The Morgan fingerprint density at radius 3 is 2.80 bits per heavy atom. The van der Waals surface area contributed by atoms with Gasteiger partial charge in [-0.25, -0.2) is 0 Å². The summed E-state index contributed by atoms with van der Waals surface area (Å²) in [5, 5.41) is 13.1. The van der Waals surface area contributed by atoms with Crippen molar-refractivity contribution in [2.24, 2.45) is 7.05 Å². The molecular formula is C11H21N3O. The predicted octanol–water partition coefficient (Wildman–Crippen LogP) is 1.01. The molecule has 0 amide bonds. The summed E-state index contributed by atoms with van der Waals surface area (Å²) in [6.07, 6.45) is 4.18. The molecule has 0 atom stereocenters. The number of aryl methyl sites for hydroxylation is 1. The normalized spacial score (nSPS) is 11.2. The van der Waals surface area contributed by atoms with Gasteiger partial charge in [0.25, 0.3) is 0 Å². The molecule has 0 fully saturated rings. The zero-order valence-corrected chi connectivity index (χ0v) is 9.69. The molecule has 0 aromatic carbocycles. The van der Waals surface area contributed by atoms with Crippen LogP contribution in [0.1, 0.15) is 25.5 Å². The van der Waals surface area contributed by atoms with Gasteiger partial charge in [0.2, 0.25) is 0 Å². The fraction of sp³-hybridized carbons (Fsp3) is 0.727. The third-order valence-corrected chi connectivity index (χ3v) is 2.55. The van der Waals surface area contributed by atoms with E-state index in [2.05, 4.69) is 16.9 Å². The summed E-state index contributed by atoms with van der Waals surface area (Å²) in [7, 11) is 1.95. The molecule has 0 aliphatic carbocycles. The molecule has 1 aromatic rings. The minimum atomic E-state index is 0.224. The van der Waals surface area contributed by atoms with E-state index in [1.54, 1.807) is 0 Å². The average Bonchev–Trinajstić information content (AvgIpc) is 2.61. The van der Waals surface area contributed by atoms with Crippen LogP contribution in [0.3, 0.4) is 0 Å². The van der Waals surface area contributed by atoms with Gasteiger partial charge < -0.3 is 5.11 Å². The molecule has 1 N–H and O–H groups in total. The second-order valence-corrected chi connectivity index (χ2v) is 3.80. The first-order chi connectivity index (χ1) is 7.27. The van der Waals surface area contributed by atoms with Crippen LogP contribution in [0, 0.1) is 0 Å². The van der Waals surface area contributed by atoms with E-state index in [1.165, 1.54) is 18.5 Å². The van der Waals surface area contributed by atoms with Gasteiger partial charge in [0.15, 0.2) is 0 Å². The van der Waals surface area contributed by atoms with Crippen LogP contribution in [-0.2, 0) is 13.6 Å². The molecule has 15 heavy (non-hydrogen) atoms. The molecule has 1 rings (SSSR count). The first-order valence-electron chi connectivity index (χ1n) is 5.58. The Kier molecular flexibility index (Phi) is 5.36. The maximum absolute atomic E-state index is 8.97. The van der Waals surface area contributed by atoms with Crippen LogP contribution in [0.4, 0.5) is 0 Å². The molecule has 1 aromatic heterocycles. The molecule has 0 spiro atoms. The summed E-state index contributed by atoms with van der Waals surface area (Å²) in [4.78, 5) is 2.26. The Hall–Kier alpha value is -0.870. The first-order valence-corrected chi connectivity index (χ1v) is 5.58. The zero-order chi connectivity index (χ0) is 11.1. The number of aromatic nitrogens is 2. The number of hydrogen-bond acceptors (Lipinski definition) is 3. The fourth-order valence-corrected chi connectivity index (χ4v) is 1.58. The molecule has 4 nitrogen and oxygen atoms in total. The van der Waals surface area contributed by atoms with Gasteiger partial charge in [0, 0.05) is 26.3 Å². The van der Waals surface area contributed by atoms with Crippen molar-refractivity contribution in [1.29, 1.82) is 0 Å². The average molecular weight is 211 g/mol. The molecule has 0 saturated carbocycles. The monoisotopic (exact) mass is 211 g/mol. The van der Waals surface area contributed by atoms with E-state index in [4.69, 9.17) is 5.11 Å². The van der Waals surface area contributed by atoms with E-state index in [9.17, 15) is 0 Å². The Labute approximate surface area is 91.5 Å². The molecule has 4 heteroatoms. The molecule has 0 radical (unpaired) electrons. The van der Waals surface area contributed by atoms with Crippen molar-refractivity contribution in [1.82, 2.24) is 14.7 Å². The molecule has 1 heterocycles. The van der Waals surface area contributed by atoms with Crippen molar-refractivity contribution in [2.75, 3.05) is 19.7 Å². The van der Waals surface area contributed by atoms with Crippen LogP contribution in [0.5, 0.6) is 0 Å². The van der Waals surface area contributed by atoms with E-state index < -0.39 is 0 Å². The van der Waals surface area contributed by atoms with E-state index in [1.807, 2.05) is 24.0 Å². The van der Waals surface area contributed by atoms with Gasteiger partial charge in [-0.1, -0.05) is 13.3 Å². The topological polar surface area (TPSA) is 41.3 Å². The van der Waals surface area contributed by atoms with E-state index >= 15 is 0 Å². The standard InChI is InChI=1S/C11H21N3O/c1-3-4-7-14(8-9-15)10-11-5-6-12-13(11)2/h5-6,15H,3-4,7-10H2,1-2H3. The summed E-state index contributed by atoms with van der Waals surface area (Å²) in [5.41, 5.74) is 1.19. The molecule has 86 valence electrons. The zero-order valence-electron chi connectivity index (χ0n) is 9.69. The van der Waals surface area contributed by atoms with Crippen LogP contribution in [0.15, 0.2) is 12.3 Å². The van der Waals surface area contributed by atoms with Crippen molar-refractivity contribution in [3.63, 3.8) is 0 Å². The summed E-state index contributed by atoms with van der Waals surface area (Å²) in [5.74, 6) is 0. The third-order valence-electron chi connectivity index (χ3n) is 2.55. The van der Waals surface area contributed by atoms with Crippen LogP contribution >= 0.6 is 0 Å². The second-order valence-electron chi connectivity index (χ2n) is 3.80. The number of rotatable bonds is 7. The fourth-order valence-electron chi connectivity index (χ4n) is 1.58. The lowest BCUT2D eigenvalue weighted by molar-refractivity contribution is 0.185. The lowest BCUT2D eigenvalue weighted by Crippen LogP contribution is -2.28. The quantitative estimate of drug-likeness (QED) is 0.732. The predicted molar refractivity (Wildman–Crippen MR) is 60.5 cm³/mol. The van der Waals surface area contributed by atoms with Gasteiger partial charge in [-0.15, -0.1) is 0 Å². The largest absolute Gasteiger partial charge is 0.395 e. The van der Waals surface area contributed by atoms with Crippen molar-refractivity contribution in [3.05, 3.63) is 18.0 Å². The maximum Gasteiger partial charge on any atom is 0.0558 e. The Morgan fingerprint density at radius 1 is 1.47 bits per heavy atom. The molecule has 0 unspecified atom stereocenters. The van der Waals surface area contributed by atoms with Gasteiger partial charge in [0.05, 0.1) is 12.3 Å². The molecule has 0 aliphatic rings. The highest BCUT2D eigenvalue weighted by Gasteiger charge is 2.07. The summed E-state index contributed by atoms with van der Waals surface area (Å²) < 4.78 is 1.89. The Morgan fingerprint density at radius 2 is 2.27 bits per heavy atom. The summed E-state index contributed by atoms with van der Waals surface area (Å²) >= 11 is 0. The highest BCUT2D eigenvalue weighted by atomic mass is 16.3. The Bertz CT molecular complexity index is 273. The SMILES string of the molecule is CCCCN(CCO)Cc1ccnn1C. The van der Waals surface area contributed by atoms with Crippen LogP contribution in [0.25, 0.3) is 0 Å². The van der Waals surface area contributed by atoms with Gasteiger partial charge in [0.1, 0.15) is 0 Å². The van der Waals surface area contributed by atoms with E-state index in [-0.39, 0.29) is 6.61 Å². The highest BCUT2D eigenvalue weighted by molar-refractivity contribution is 4.99. The number of hydrogen-bond donors (Lipinski definition) is 1. The second kappa shape index (κ2) is 6.58. The van der Waals surface area contributed by atoms with Crippen molar-refractivity contribution in [3.8, 4) is 0 Å². The third kappa shape index (κ3) is 4.01. The van der Waals surface area contributed by atoms with Crippen molar-refractivity contribution < 1.29 is 5.11 Å². The van der Waals surface area contributed by atoms with E-state index in [0.29, 0.717) is 0 Å². The Balaban J connectivity index is 2.46. The highest BCUT2D eigenvalue weighted by Crippen LogP contribution is 2.04. The number of nitrogens with zero attached hydrogens (tertiary/aromatic N) is 3. The van der Waals surface area contributed by atoms with Crippen molar-refractivity contribution in [2.45, 2.75) is 26.3 Å². The van der Waals surface area contributed by atoms with Gasteiger partial charge in [-0.2, -0.15) is 5.10 Å². The minimum Gasteiger partial charge on any atom is -0.395 e. The maximum atomic E-state index is 8.97. The van der Waals surface area contributed by atoms with Crippen LogP contribution in [-0.4, -0.2) is 39.5 Å². The minimum absolute atomic E-state index is 0.224. The lowest BCUT2D eigenvalue weighted by Gasteiger charge is -2.20. The van der Waals surface area contributed by atoms with E-state index in [0.717, 1.165) is 19.6 Å². The summed E-state index contributed by atoms with van der Waals surface area (Å²) in [6, 6.07) is 2.02. The summed E-state index contributed by atoms with van der Waals surface area (Å²) in [6.45, 7) is 5.06. The first kappa shape index (κ1) is 12.2. The number of aliphatic hydroxyl groups excluding tert-OH is 1.